The summed E-state index contributed by atoms with van der Waals surface area (Å²) in [6, 6.07) is 11.5. The summed E-state index contributed by atoms with van der Waals surface area (Å²) in [6.45, 7) is 2.60. The van der Waals surface area contributed by atoms with Gasteiger partial charge in [0.2, 0.25) is 0 Å². The SMILES string of the molecule is COc1cc(F)ccc1NC(=O)N1CCN(c2cccc(Cl)c2)CC1. The van der Waals surface area contributed by atoms with E-state index in [1.54, 1.807) is 4.90 Å². The van der Waals surface area contributed by atoms with Crippen LogP contribution in [0.4, 0.5) is 20.6 Å². The highest BCUT2D eigenvalue weighted by atomic mass is 35.5. The van der Waals surface area contributed by atoms with Gasteiger partial charge < -0.3 is 19.9 Å². The number of carbonyl (C=O) groups is 1. The fraction of sp³-hybridized carbons (Fsp3) is 0.278. The average molecular weight is 364 g/mol. The second kappa shape index (κ2) is 7.61. The molecule has 1 N–H and O–H groups in total. The maximum Gasteiger partial charge on any atom is 0.322 e. The maximum absolute atomic E-state index is 13.2. The van der Waals surface area contributed by atoms with Crippen LogP contribution in [0.15, 0.2) is 42.5 Å². The Kier molecular flexibility index (Phi) is 5.28. The lowest BCUT2D eigenvalue weighted by atomic mass is 10.2. The number of ether oxygens (including phenoxy) is 1. The zero-order valence-electron chi connectivity index (χ0n) is 13.8. The molecule has 25 heavy (non-hydrogen) atoms. The molecule has 0 atom stereocenters. The van der Waals surface area contributed by atoms with Crippen molar-refractivity contribution in [2.24, 2.45) is 0 Å². The summed E-state index contributed by atoms with van der Waals surface area (Å²) in [4.78, 5) is 16.4. The molecule has 5 nitrogen and oxygen atoms in total. The van der Waals surface area contributed by atoms with Gasteiger partial charge in [0.15, 0.2) is 0 Å². The Morgan fingerprint density at radius 1 is 1.16 bits per heavy atom. The highest BCUT2D eigenvalue weighted by molar-refractivity contribution is 6.30. The summed E-state index contributed by atoms with van der Waals surface area (Å²) in [5, 5.41) is 3.47. The summed E-state index contributed by atoms with van der Waals surface area (Å²) >= 11 is 6.03. The summed E-state index contributed by atoms with van der Waals surface area (Å²) in [5.74, 6) is -0.115. The van der Waals surface area contributed by atoms with Gasteiger partial charge in [0.1, 0.15) is 11.6 Å². The van der Waals surface area contributed by atoms with E-state index in [-0.39, 0.29) is 6.03 Å². The van der Waals surface area contributed by atoms with Gasteiger partial charge in [-0.2, -0.15) is 0 Å². The van der Waals surface area contributed by atoms with Crippen LogP contribution in [0, 0.1) is 5.82 Å². The molecule has 0 aliphatic carbocycles. The summed E-state index contributed by atoms with van der Waals surface area (Å²) in [7, 11) is 1.44. The molecule has 132 valence electrons. The Morgan fingerprint density at radius 3 is 2.60 bits per heavy atom. The van der Waals surface area contributed by atoms with E-state index >= 15 is 0 Å². The van der Waals surface area contributed by atoms with E-state index in [0.29, 0.717) is 42.6 Å². The Balaban J connectivity index is 1.60. The number of urea groups is 1. The number of nitrogens with one attached hydrogen (secondary N) is 1. The first-order chi connectivity index (χ1) is 12.1. The molecule has 0 unspecified atom stereocenters. The first-order valence-corrected chi connectivity index (χ1v) is 8.34. The van der Waals surface area contributed by atoms with Crippen molar-refractivity contribution in [2.45, 2.75) is 0 Å². The van der Waals surface area contributed by atoms with Gasteiger partial charge in [-0.05, 0) is 30.3 Å². The molecule has 2 aromatic rings. The Labute approximate surface area is 150 Å². The summed E-state index contributed by atoms with van der Waals surface area (Å²) < 4.78 is 18.3. The zero-order chi connectivity index (χ0) is 17.8. The minimum atomic E-state index is -0.412. The van der Waals surface area contributed by atoms with Gasteiger partial charge in [0.05, 0.1) is 12.8 Å². The molecule has 1 aliphatic heterocycles. The minimum Gasteiger partial charge on any atom is -0.494 e. The lowest BCUT2D eigenvalue weighted by molar-refractivity contribution is 0.208. The number of nitrogens with zero attached hydrogens (tertiary/aromatic N) is 2. The number of carbonyl (C=O) groups excluding carboxylic acids is 1. The highest BCUT2D eigenvalue weighted by Crippen LogP contribution is 2.26. The number of methoxy groups -OCH3 is 1. The van der Waals surface area contributed by atoms with E-state index in [1.165, 1.54) is 25.3 Å². The number of piperazine rings is 1. The van der Waals surface area contributed by atoms with Crippen molar-refractivity contribution < 1.29 is 13.9 Å². The van der Waals surface area contributed by atoms with E-state index in [1.807, 2.05) is 24.3 Å². The van der Waals surface area contributed by atoms with Crippen LogP contribution in [0.3, 0.4) is 0 Å². The topological polar surface area (TPSA) is 44.8 Å². The molecule has 0 saturated carbocycles. The summed E-state index contributed by atoms with van der Waals surface area (Å²) in [6.07, 6.45) is 0. The second-order valence-corrected chi connectivity index (χ2v) is 6.17. The van der Waals surface area contributed by atoms with Crippen LogP contribution in [-0.4, -0.2) is 44.2 Å². The third kappa shape index (κ3) is 4.14. The predicted octanol–water partition coefficient (Wildman–Crippen LogP) is 3.84. The molecule has 0 radical (unpaired) electrons. The maximum atomic E-state index is 13.2. The van der Waals surface area contributed by atoms with Gasteiger partial charge in [0.25, 0.3) is 0 Å². The third-order valence-electron chi connectivity index (χ3n) is 4.15. The molecule has 0 spiro atoms. The van der Waals surface area contributed by atoms with Crippen molar-refractivity contribution >= 4 is 29.0 Å². The van der Waals surface area contributed by atoms with Crippen LogP contribution in [0.25, 0.3) is 0 Å². The molecule has 2 amide bonds. The third-order valence-corrected chi connectivity index (χ3v) is 4.38. The molecule has 2 aromatic carbocycles. The fourth-order valence-electron chi connectivity index (χ4n) is 2.80. The van der Waals surface area contributed by atoms with Gasteiger partial charge in [-0.3, -0.25) is 0 Å². The van der Waals surface area contributed by atoms with E-state index in [2.05, 4.69) is 10.2 Å². The van der Waals surface area contributed by atoms with E-state index < -0.39 is 5.82 Å². The molecule has 0 aromatic heterocycles. The first-order valence-electron chi connectivity index (χ1n) is 7.97. The predicted molar refractivity (Wildman–Crippen MR) is 97.2 cm³/mol. The first kappa shape index (κ1) is 17.4. The number of hydrogen-bond donors (Lipinski definition) is 1. The van der Waals surface area contributed by atoms with Crippen molar-refractivity contribution in [3.8, 4) is 5.75 Å². The number of amides is 2. The molecule has 1 fully saturated rings. The monoisotopic (exact) mass is 363 g/mol. The Bertz CT molecular complexity index is 764. The van der Waals surface area contributed by atoms with Crippen molar-refractivity contribution in [3.63, 3.8) is 0 Å². The van der Waals surface area contributed by atoms with Crippen LogP contribution in [0.5, 0.6) is 5.75 Å². The number of rotatable bonds is 3. The van der Waals surface area contributed by atoms with Crippen molar-refractivity contribution in [2.75, 3.05) is 43.5 Å². The normalized spacial score (nSPS) is 14.4. The van der Waals surface area contributed by atoms with Crippen LogP contribution < -0.4 is 15.0 Å². The van der Waals surface area contributed by atoms with Crippen LogP contribution in [0.2, 0.25) is 5.02 Å². The lowest BCUT2D eigenvalue weighted by Gasteiger charge is -2.36. The van der Waals surface area contributed by atoms with Gasteiger partial charge in [0, 0.05) is 43.0 Å². The van der Waals surface area contributed by atoms with E-state index in [4.69, 9.17) is 16.3 Å². The van der Waals surface area contributed by atoms with Crippen LogP contribution in [-0.2, 0) is 0 Å². The van der Waals surface area contributed by atoms with Gasteiger partial charge >= 0.3 is 6.03 Å². The smallest absolute Gasteiger partial charge is 0.322 e. The molecule has 1 aliphatic rings. The van der Waals surface area contributed by atoms with Crippen molar-refractivity contribution in [1.29, 1.82) is 0 Å². The van der Waals surface area contributed by atoms with Crippen LogP contribution in [0.1, 0.15) is 0 Å². The van der Waals surface area contributed by atoms with Crippen molar-refractivity contribution in [3.05, 3.63) is 53.3 Å². The number of hydrogen-bond acceptors (Lipinski definition) is 3. The molecule has 1 saturated heterocycles. The molecular weight excluding hydrogens is 345 g/mol. The molecule has 1 heterocycles. The standard InChI is InChI=1S/C18H19ClFN3O2/c1-25-17-12-14(20)5-6-16(17)21-18(24)23-9-7-22(8-10-23)15-4-2-3-13(19)11-15/h2-6,11-12H,7-10H2,1H3,(H,21,24). The van der Waals surface area contributed by atoms with E-state index in [9.17, 15) is 9.18 Å². The minimum absolute atomic E-state index is 0.226. The quantitative estimate of drug-likeness (QED) is 0.901. The van der Waals surface area contributed by atoms with Gasteiger partial charge in [-0.15, -0.1) is 0 Å². The zero-order valence-corrected chi connectivity index (χ0v) is 14.6. The molecule has 7 heteroatoms. The summed E-state index contributed by atoms with van der Waals surface area (Å²) in [5.41, 5.74) is 1.50. The number of halogens is 2. The second-order valence-electron chi connectivity index (χ2n) is 5.73. The molecular formula is C18H19ClFN3O2. The number of benzene rings is 2. The van der Waals surface area contributed by atoms with Crippen molar-refractivity contribution in [1.82, 2.24) is 4.90 Å². The van der Waals surface area contributed by atoms with Gasteiger partial charge in [-0.1, -0.05) is 17.7 Å². The molecule has 0 bridgehead atoms. The number of anilines is 2. The van der Waals surface area contributed by atoms with Crippen LogP contribution >= 0.6 is 11.6 Å². The van der Waals surface area contributed by atoms with Gasteiger partial charge in [-0.25, -0.2) is 9.18 Å². The van der Waals surface area contributed by atoms with E-state index in [0.717, 1.165) is 5.69 Å². The fourth-order valence-corrected chi connectivity index (χ4v) is 2.99. The molecule has 3 rings (SSSR count). The average Bonchev–Trinajstić information content (AvgIpc) is 2.63. The highest BCUT2D eigenvalue weighted by Gasteiger charge is 2.22. The largest absolute Gasteiger partial charge is 0.494 e. The lowest BCUT2D eigenvalue weighted by Crippen LogP contribution is -2.50. The Morgan fingerprint density at radius 2 is 1.92 bits per heavy atom. The Hall–Kier alpha value is -2.47.